The molecule has 58 valence electrons. The molecule has 0 saturated heterocycles. The predicted octanol–water partition coefficient (Wildman–Crippen LogP) is -0.161. The lowest BCUT2D eigenvalue weighted by Crippen LogP contribution is -2.26. The van der Waals surface area contributed by atoms with E-state index in [2.05, 4.69) is 4.72 Å². The van der Waals surface area contributed by atoms with E-state index >= 15 is 0 Å². The lowest BCUT2D eigenvalue weighted by Gasteiger charge is -1.98. The molecule has 0 heterocycles. The molecule has 0 unspecified atom stereocenters. The minimum atomic E-state index is -3.30. The summed E-state index contributed by atoms with van der Waals surface area (Å²) in [6.07, 6.45) is 0.741. The second-order valence-electron chi connectivity index (χ2n) is 1.81. The monoisotopic (exact) mass is 162 g/mol. The summed E-state index contributed by atoms with van der Waals surface area (Å²) >= 11 is 0. The molecular formula is C5H10N2O2S. The molecule has 0 aromatic rings. The van der Waals surface area contributed by atoms with Gasteiger partial charge < -0.3 is 0 Å². The summed E-state index contributed by atoms with van der Waals surface area (Å²) in [5.41, 5.74) is 0. The van der Waals surface area contributed by atoms with Crippen molar-refractivity contribution in [1.29, 1.82) is 5.26 Å². The molecule has 0 fully saturated rings. The first kappa shape index (κ1) is 9.40. The molecule has 0 aliphatic carbocycles. The molecular weight excluding hydrogens is 152 g/mol. The Morgan fingerprint density at radius 2 is 2.20 bits per heavy atom. The van der Waals surface area contributed by atoms with Crippen LogP contribution in [0.15, 0.2) is 0 Å². The molecule has 4 nitrogen and oxygen atoms in total. The zero-order valence-corrected chi connectivity index (χ0v) is 6.61. The summed E-state index contributed by atoms with van der Waals surface area (Å²) in [6.45, 7) is 2.26. The lowest BCUT2D eigenvalue weighted by molar-refractivity contribution is 0.584. The number of rotatable bonds is 4. The van der Waals surface area contributed by atoms with Crippen molar-refractivity contribution in [2.45, 2.75) is 13.3 Å². The zero-order valence-electron chi connectivity index (χ0n) is 5.79. The average Bonchev–Trinajstić information content (AvgIpc) is 1.84. The van der Waals surface area contributed by atoms with E-state index in [4.69, 9.17) is 5.26 Å². The van der Waals surface area contributed by atoms with Gasteiger partial charge in [-0.3, -0.25) is 0 Å². The summed E-state index contributed by atoms with van der Waals surface area (Å²) in [4.78, 5) is 0. The van der Waals surface area contributed by atoms with Crippen LogP contribution in [0.3, 0.4) is 0 Å². The van der Waals surface area contributed by atoms with Gasteiger partial charge in [-0.2, -0.15) is 5.26 Å². The molecule has 0 rings (SSSR count). The highest BCUT2D eigenvalue weighted by Crippen LogP contribution is 1.81. The summed E-state index contributed by atoms with van der Waals surface area (Å²) in [7, 11) is -3.30. The molecule has 0 radical (unpaired) electrons. The number of nitriles is 1. The number of hydrogen-bond acceptors (Lipinski definition) is 3. The fraction of sp³-hybridized carbons (Fsp3) is 0.800. The SMILES string of the molecule is CCCNS(=O)(=O)CC#N. The third-order valence-corrected chi connectivity index (χ3v) is 1.98. The predicted molar refractivity (Wildman–Crippen MR) is 37.7 cm³/mol. The van der Waals surface area contributed by atoms with Crippen molar-refractivity contribution in [2.24, 2.45) is 0 Å². The van der Waals surface area contributed by atoms with E-state index < -0.39 is 15.8 Å². The first-order chi connectivity index (χ1) is 4.62. The molecule has 0 aromatic heterocycles. The Labute approximate surface area is 60.9 Å². The maximum absolute atomic E-state index is 10.7. The topological polar surface area (TPSA) is 70.0 Å². The fourth-order valence-corrected chi connectivity index (χ4v) is 1.18. The van der Waals surface area contributed by atoms with Gasteiger partial charge in [0, 0.05) is 6.54 Å². The largest absolute Gasteiger partial charge is 0.225 e. The highest BCUT2D eigenvalue weighted by atomic mass is 32.2. The lowest BCUT2D eigenvalue weighted by atomic mass is 10.5. The first-order valence-corrected chi connectivity index (χ1v) is 4.62. The minimum absolute atomic E-state index is 0.407. The van der Waals surface area contributed by atoms with Crippen LogP contribution in [0.4, 0.5) is 0 Å². The van der Waals surface area contributed by atoms with Gasteiger partial charge in [-0.15, -0.1) is 0 Å². The van der Waals surface area contributed by atoms with Gasteiger partial charge in [-0.25, -0.2) is 13.1 Å². The Morgan fingerprint density at radius 1 is 1.60 bits per heavy atom. The standard InChI is InChI=1S/C5H10N2O2S/c1-2-4-7-10(8,9)5-3-6/h7H,2,4-5H2,1H3. The van der Waals surface area contributed by atoms with Crippen molar-refractivity contribution in [3.63, 3.8) is 0 Å². The fourth-order valence-electron chi connectivity index (χ4n) is 0.394. The molecule has 0 atom stereocenters. The van der Waals surface area contributed by atoms with Gasteiger partial charge in [0.25, 0.3) is 0 Å². The van der Waals surface area contributed by atoms with E-state index in [1.54, 1.807) is 6.07 Å². The molecule has 0 spiro atoms. The van der Waals surface area contributed by atoms with E-state index in [1.165, 1.54) is 0 Å². The van der Waals surface area contributed by atoms with Crippen LogP contribution in [0.1, 0.15) is 13.3 Å². The molecule has 0 saturated carbocycles. The summed E-state index contributed by atoms with van der Waals surface area (Å²) in [5.74, 6) is -0.451. The summed E-state index contributed by atoms with van der Waals surface area (Å²) in [6, 6.07) is 1.57. The van der Waals surface area contributed by atoms with Gasteiger partial charge in [0.1, 0.15) is 0 Å². The van der Waals surface area contributed by atoms with Crippen LogP contribution in [0.5, 0.6) is 0 Å². The molecule has 1 N–H and O–H groups in total. The van der Waals surface area contributed by atoms with Gasteiger partial charge in [-0.05, 0) is 6.42 Å². The summed E-state index contributed by atoms with van der Waals surface area (Å²) < 4.78 is 23.6. The van der Waals surface area contributed by atoms with Gasteiger partial charge in [-0.1, -0.05) is 6.92 Å². The van der Waals surface area contributed by atoms with E-state index in [-0.39, 0.29) is 0 Å². The molecule has 0 bridgehead atoms. The highest BCUT2D eigenvalue weighted by Gasteiger charge is 2.05. The number of nitrogens with zero attached hydrogens (tertiary/aromatic N) is 1. The average molecular weight is 162 g/mol. The highest BCUT2D eigenvalue weighted by molar-refractivity contribution is 7.89. The first-order valence-electron chi connectivity index (χ1n) is 2.96. The van der Waals surface area contributed by atoms with E-state index in [0.717, 1.165) is 6.42 Å². The van der Waals surface area contributed by atoms with Gasteiger partial charge in [0.15, 0.2) is 5.75 Å². The Bertz CT molecular complexity index is 214. The van der Waals surface area contributed by atoms with Gasteiger partial charge in [0.2, 0.25) is 10.0 Å². The van der Waals surface area contributed by atoms with Crippen LogP contribution in [-0.4, -0.2) is 20.7 Å². The zero-order chi connectivity index (χ0) is 8.04. The smallest absolute Gasteiger partial charge is 0.214 e. The van der Waals surface area contributed by atoms with E-state index in [1.807, 2.05) is 6.92 Å². The maximum Gasteiger partial charge on any atom is 0.225 e. The van der Waals surface area contributed by atoms with Crippen molar-refractivity contribution in [3.05, 3.63) is 0 Å². The van der Waals surface area contributed by atoms with Crippen LogP contribution in [0.25, 0.3) is 0 Å². The number of nitrogens with one attached hydrogen (secondary N) is 1. The normalized spacial score (nSPS) is 10.8. The Balaban J connectivity index is 3.80. The van der Waals surface area contributed by atoms with Crippen LogP contribution in [-0.2, 0) is 10.0 Å². The molecule has 0 amide bonds. The van der Waals surface area contributed by atoms with Crippen molar-refractivity contribution < 1.29 is 8.42 Å². The number of hydrogen-bond donors (Lipinski definition) is 1. The van der Waals surface area contributed by atoms with Crippen LogP contribution < -0.4 is 4.72 Å². The molecule has 0 aromatic carbocycles. The van der Waals surface area contributed by atoms with Crippen LogP contribution >= 0.6 is 0 Å². The van der Waals surface area contributed by atoms with Crippen molar-refractivity contribution in [2.75, 3.05) is 12.3 Å². The van der Waals surface area contributed by atoms with Crippen molar-refractivity contribution in [1.82, 2.24) is 4.72 Å². The van der Waals surface area contributed by atoms with Crippen molar-refractivity contribution in [3.8, 4) is 6.07 Å². The minimum Gasteiger partial charge on any atom is -0.214 e. The Kier molecular flexibility index (Phi) is 4.00. The quantitative estimate of drug-likeness (QED) is 0.624. The maximum atomic E-state index is 10.7. The van der Waals surface area contributed by atoms with Gasteiger partial charge >= 0.3 is 0 Å². The second kappa shape index (κ2) is 4.25. The van der Waals surface area contributed by atoms with Gasteiger partial charge in [0.05, 0.1) is 6.07 Å². The number of sulfonamides is 1. The third-order valence-electron chi connectivity index (χ3n) is 0.827. The Morgan fingerprint density at radius 3 is 2.60 bits per heavy atom. The second-order valence-corrected chi connectivity index (χ2v) is 3.62. The van der Waals surface area contributed by atoms with E-state index in [0.29, 0.717) is 6.54 Å². The molecule has 10 heavy (non-hydrogen) atoms. The molecule has 5 heteroatoms. The third kappa shape index (κ3) is 4.30. The Hall–Kier alpha value is -0.600. The molecule has 0 aliphatic heterocycles. The summed E-state index contributed by atoms with van der Waals surface area (Å²) in [5, 5.41) is 8.03. The van der Waals surface area contributed by atoms with E-state index in [9.17, 15) is 8.42 Å². The van der Waals surface area contributed by atoms with Crippen LogP contribution in [0.2, 0.25) is 0 Å². The van der Waals surface area contributed by atoms with Crippen molar-refractivity contribution >= 4 is 10.0 Å². The van der Waals surface area contributed by atoms with Crippen LogP contribution in [0, 0.1) is 11.3 Å². The molecule has 0 aliphatic rings.